The van der Waals surface area contributed by atoms with Gasteiger partial charge in [-0.25, -0.2) is 0 Å². The van der Waals surface area contributed by atoms with Gasteiger partial charge in [-0.05, 0) is 37.0 Å². The van der Waals surface area contributed by atoms with E-state index in [0.717, 1.165) is 23.7 Å². The van der Waals surface area contributed by atoms with E-state index in [2.05, 4.69) is 45.5 Å². The minimum absolute atomic E-state index is 0. The van der Waals surface area contributed by atoms with Crippen molar-refractivity contribution in [1.29, 1.82) is 0 Å². The van der Waals surface area contributed by atoms with Crippen LogP contribution in [0.1, 0.15) is 44.1 Å². The lowest BCUT2D eigenvalue weighted by Gasteiger charge is -2.39. The van der Waals surface area contributed by atoms with E-state index in [0.29, 0.717) is 13.0 Å². The summed E-state index contributed by atoms with van der Waals surface area (Å²) in [5.41, 5.74) is 6.76. The van der Waals surface area contributed by atoms with E-state index in [9.17, 15) is 4.79 Å². The molecule has 2 rings (SSSR count). The van der Waals surface area contributed by atoms with E-state index in [1.807, 2.05) is 0 Å². The summed E-state index contributed by atoms with van der Waals surface area (Å²) in [6, 6.07) is 8.38. The summed E-state index contributed by atoms with van der Waals surface area (Å²) >= 11 is 3.47. The van der Waals surface area contributed by atoms with Crippen molar-refractivity contribution in [3.63, 3.8) is 0 Å². The molecule has 0 bridgehead atoms. The minimum Gasteiger partial charge on any atom is -0.380 e. The Morgan fingerprint density at radius 2 is 1.92 bits per heavy atom. The number of hydrogen-bond acceptors (Lipinski definition) is 3. The van der Waals surface area contributed by atoms with Gasteiger partial charge < -0.3 is 15.8 Å². The van der Waals surface area contributed by atoms with Crippen molar-refractivity contribution >= 4 is 34.2 Å². The molecule has 1 fully saturated rings. The summed E-state index contributed by atoms with van der Waals surface area (Å²) in [5, 5.41) is 3.31. The van der Waals surface area contributed by atoms with E-state index in [1.54, 1.807) is 7.11 Å². The lowest BCUT2D eigenvalue weighted by Crippen LogP contribution is -2.52. The number of hydrogen-bond donors (Lipinski definition) is 2. The van der Waals surface area contributed by atoms with Crippen molar-refractivity contribution in [1.82, 2.24) is 5.32 Å². The third kappa shape index (κ3) is 6.36. The largest absolute Gasteiger partial charge is 0.380 e. The molecular weight excluding hydrogens is 392 g/mol. The maximum absolute atomic E-state index is 12.4. The van der Waals surface area contributed by atoms with Crippen LogP contribution in [0.5, 0.6) is 0 Å². The van der Waals surface area contributed by atoms with Gasteiger partial charge >= 0.3 is 0 Å². The second-order valence-electron chi connectivity index (χ2n) is 6.49. The van der Waals surface area contributed by atoms with Gasteiger partial charge in [-0.15, -0.1) is 12.4 Å². The van der Waals surface area contributed by atoms with Crippen LogP contribution in [0.25, 0.3) is 0 Å². The molecule has 136 valence electrons. The fourth-order valence-electron chi connectivity index (χ4n) is 3.38. The molecule has 4 nitrogen and oxygen atoms in total. The van der Waals surface area contributed by atoms with Crippen LogP contribution in [-0.2, 0) is 16.0 Å². The maximum atomic E-state index is 12.4. The van der Waals surface area contributed by atoms with Crippen molar-refractivity contribution in [3.8, 4) is 0 Å². The van der Waals surface area contributed by atoms with Crippen LogP contribution in [0.2, 0.25) is 0 Å². The molecule has 0 radical (unpaired) electrons. The Labute approximate surface area is 159 Å². The van der Waals surface area contributed by atoms with Crippen LogP contribution in [0.3, 0.4) is 0 Å². The van der Waals surface area contributed by atoms with Crippen LogP contribution in [0.4, 0.5) is 0 Å². The summed E-state index contributed by atoms with van der Waals surface area (Å²) < 4.78 is 6.31. The number of ether oxygens (including phenoxy) is 1. The Morgan fingerprint density at radius 1 is 1.29 bits per heavy atom. The van der Waals surface area contributed by atoms with Crippen LogP contribution < -0.4 is 11.1 Å². The predicted molar refractivity (Wildman–Crippen MR) is 104 cm³/mol. The summed E-state index contributed by atoms with van der Waals surface area (Å²) in [6.07, 6.45) is 6.67. The van der Waals surface area contributed by atoms with Gasteiger partial charge in [-0.2, -0.15) is 0 Å². The first-order chi connectivity index (χ1) is 11.1. The Kier molecular flexibility index (Phi) is 9.27. The number of amides is 1. The Bertz CT molecular complexity index is 500. The van der Waals surface area contributed by atoms with Gasteiger partial charge in [0, 0.05) is 23.7 Å². The van der Waals surface area contributed by atoms with Gasteiger partial charge in [-0.3, -0.25) is 4.79 Å². The quantitative estimate of drug-likeness (QED) is 0.710. The maximum Gasteiger partial charge on any atom is 0.223 e. The number of nitrogens with two attached hydrogens (primary N) is 1. The van der Waals surface area contributed by atoms with Crippen molar-refractivity contribution in [3.05, 3.63) is 34.3 Å². The molecule has 0 aliphatic heterocycles. The topological polar surface area (TPSA) is 64.3 Å². The highest BCUT2D eigenvalue weighted by Gasteiger charge is 2.34. The van der Waals surface area contributed by atoms with Gasteiger partial charge in [0.1, 0.15) is 0 Å². The van der Waals surface area contributed by atoms with E-state index in [1.165, 1.54) is 24.8 Å². The minimum atomic E-state index is -0.205. The molecule has 3 N–H and O–H groups in total. The van der Waals surface area contributed by atoms with Crippen LogP contribution >= 0.6 is 28.3 Å². The fourth-order valence-corrected chi connectivity index (χ4v) is 3.65. The number of halogens is 2. The molecule has 1 atom stereocenters. The lowest BCUT2D eigenvalue weighted by molar-refractivity contribution is -0.125. The monoisotopic (exact) mass is 418 g/mol. The number of carbonyl (C=O) groups is 1. The summed E-state index contributed by atoms with van der Waals surface area (Å²) in [4.78, 5) is 12.4. The smallest absolute Gasteiger partial charge is 0.223 e. The third-order valence-electron chi connectivity index (χ3n) is 4.68. The first-order valence-corrected chi connectivity index (χ1v) is 9.14. The Balaban J connectivity index is 0.00000288. The molecule has 1 unspecified atom stereocenters. The fraction of sp³-hybridized carbons (Fsp3) is 0.611. The molecule has 0 heterocycles. The highest BCUT2D eigenvalue weighted by Crippen LogP contribution is 2.32. The lowest BCUT2D eigenvalue weighted by atomic mass is 9.77. The Hall–Kier alpha value is -0.620. The van der Waals surface area contributed by atoms with Crippen LogP contribution in [-0.4, -0.2) is 31.2 Å². The second kappa shape index (κ2) is 10.4. The number of benzene rings is 1. The van der Waals surface area contributed by atoms with Crippen molar-refractivity contribution < 1.29 is 9.53 Å². The summed E-state index contributed by atoms with van der Waals surface area (Å²) in [5.74, 6) is 0.0429. The zero-order valence-corrected chi connectivity index (χ0v) is 16.6. The van der Waals surface area contributed by atoms with Crippen LogP contribution in [0, 0.1) is 0 Å². The third-order valence-corrected chi connectivity index (χ3v) is 5.21. The normalized spacial score (nSPS) is 17.6. The molecular formula is C18H28BrClN2O2. The molecule has 1 aliphatic carbocycles. The molecule has 24 heavy (non-hydrogen) atoms. The molecule has 1 saturated carbocycles. The average molecular weight is 420 g/mol. The van der Waals surface area contributed by atoms with Gasteiger partial charge in [0.2, 0.25) is 5.91 Å². The zero-order chi connectivity index (χ0) is 16.7. The van der Waals surface area contributed by atoms with Crippen LogP contribution in [0.15, 0.2) is 28.7 Å². The van der Waals surface area contributed by atoms with E-state index < -0.39 is 0 Å². The summed E-state index contributed by atoms with van der Waals surface area (Å²) in [6.45, 7) is 0.365. The predicted octanol–water partition coefficient (Wildman–Crippen LogP) is 3.60. The SMILES string of the molecule is COC(CN)CC(=O)NC1(Cc2ccc(Br)cc2)CCCCC1.Cl. The Morgan fingerprint density at radius 3 is 2.46 bits per heavy atom. The first-order valence-electron chi connectivity index (χ1n) is 8.35. The second-order valence-corrected chi connectivity index (χ2v) is 7.41. The number of methoxy groups -OCH3 is 1. The molecule has 0 spiro atoms. The molecule has 0 aromatic heterocycles. The zero-order valence-electron chi connectivity index (χ0n) is 14.2. The van der Waals surface area contributed by atoms with Crippen molar-refractivity contribution in [2.75, 3.05) is 13.7 Å². The van der Waals surface area contributed by atoms with Gasteiger partial charge in [0.15, 0.2) is 0 Å². The average Bonchev–Trinajstić information content (AvgIpc) is 2.55. The van der Waals surface area contributed by atoms with E-state index >= 15 is 0 Å². The first kappa shape index (κ1) is 21.4. The van der Waals surface area contributed by atoms with Gasteiger partial charge in [-0.1, -0.05) is 47.3 Å². The number of carbonyl (C=O) groups excluding carboxylic acids is 1. The molecule has 1 aliphatic rings. The molecule has 6 heteroatoms. The van der Waals surface area contributed by atoms with E-state index in [4.69, 9.17) is 10.5 Å². The number of nitrogens with one attached hydrogen (secondary N) is 1. The molecule has 0 saturated heterocycles. The van der Waals surface area contributed by atoms with Crippen molar-refractivity contribution in [2.45, 2.75) is 56.6 Å². The van der Waals surface area contributed by atoms with Gasteiger partial charge in [0.05, 0.1) is 12.5 Å². The molecule has 1 amide bonds. The molecule has 1 aromatic rings. The summed E-state index contributed by atoms with van der Waals surface area (Å²) in [7, 11) is 1.60. The van der Waals surface area contributed by atoms with Gasteiger partial charge in [0.25, 0.3) is 0 Å². The standard InChI is InChI=1S/C18H27BrN2O2.ClH/c1-23-16(13-20)11-17(22)21-18(9-3-2-4-10-18)12-14-5-7-15(19)8-6-14;/h5-8,16H,2-4,9-13,20H2,1H3,(H,21,22);1H. The highest BCUT2D eigenvalue weighted by molar-refractivity contribution is 9.10. The molecule has 1 aromatic carbocycles. The van der Waals surface area contributed by atoms with E-state index in [-0.39, 0.29) is 30.0 Å². The number of rotatable bonds is 7. The van der Waals surface area contributed by atoms with Crippen molar-refractivity contribution in [2.24, 2.45) is 5.73 Å². The highest BCUT2D eigenvalue weighted by atomic mass is 79.9.